The lowest BCUT2D eigenvalue weighted by molar-refractivity contribution is 0.0690. The Hall–Kier alpha value is -2.63. The fourth-order valence-electron chi connectivity index (χ4n) is 1.54. The zero-order chi connectivity index (χ0) is 13.1. The first-order chi connectivity index (χ1) is 8.61. The van der Waals surface area contributed by atoms with Gasteiger partial charge in [-0.2, -0.15) is 0 Å². The van der Waals surface area contributed by atoms with Crippen molar-refractivity contribution < 1.29 is 14.6 Å². The molecule has 0 aliphatic heterocycles. The number of carboxylic acids is 1. The summed E-state index contributed by atoms with van der Waals surface area (Å²) in [4.78, 5) is 28.6. The van der Waals surface area contributed by atoms with E-state index in [1.54, 1.807) is 24.3 Å². The quantitative estimate of drug-likeness (QED) is 0.847. The lowest BCUT2D eigenvalue weighted by atomic mass is 10.2. The minimum absolute atomic E-state index is 0.164. The van der Waals surface area contributed by atoms with Gasteiger partial charge in [0, 0.05) is 6.07 Å². The van der Waals surface area contributed by atoms with Crippen molar-refractivity contribution in [2.45, 2.75) is 0 Å². The van der Waals surface area contributed by atoms with E-state index in [0.29, 0.717) is 11.3 Å². The number of para-hydroxylation sites is 1. The molecule has 1 heterocycles. The van der Waals surface area contributed by atoms with E-state index in [4.69, 9.17) is 9.84 Å². The molecule has 0 fully saturated rings. The largest absolute Gasteiger partial charge is 0.496 e. The molecule has 0 bridgehead atoms. The Morgan fingerprint density at radius 3 is 2.78 bits per heavy atom. The summed E-state index contributed by atoms with van der Waals surface area (Å²) < 4.78 is 5.13. The second-order valence-electron chi connectivity index (χ2n) is 3.48. The van der Waals surface area contributed by atoms with Crippen LogP contribution in [0, 0.1) is 0 Å². The monoisotopic (exact) mass is 246 g/mol. The molecule has 2 rings (SSSR count). The highest BCUT2D eigenvalue weighted by Crippen LogP contribution is 2.25. The molecule has 0 unspecified atom stereocenters. The predicted molar refractivity (Wildman–Crippen MR) is 63.8 cm³/mol. The molecular formula is C12H10N2O4. The summed E-state index contributed by atoms with van der Waals surface area (Å²) in [6, 6.07) is 7.82. The molecule has 0 aliphatic carbocycles. The van der Waals surface area contributed by atoms with Gasteiger partial charge in [0.1, 0.15) is 11.6 Å². The van der Waals surface area contributed by atoms with E-state index in [1.807, 2.05) is 0 Å². The number of hydrogen-bond donors (Lipinski definition) is 2. The van der Waals surface area contributed by atoms with Gasteiger partial charge in [-0.15, -0.1) is 0 Å². The first-order valence-electron chi connectivity index (χ1n) is 5.10. The third kappa shape index (κ3) is 2.22. The number of benzene rings is 1. The number of aromatic nitrogens is 2. The first kappa shape index (κ1) is 11.8. The lowest BCUT2D eigenvalue weighted by Crippen LogP contribution is -2.13. The normalized spacial score (nSPS) is 10.1. The van der Waals surface area contributed by atoms with Crippen molar-refractivity contribution in [3.63, 3.8) is 0 Å². The molecule has 2 N–H and O–H groups in total. The lowest BCUT2D eigenvalue weighted by Gasteiger charge is -2.07. The Morgan fingerprint density at radius 1 is 1.39 bits per heavy atom. The Labute approximate surface area is 102 Å². The van der Waals surface area contributed by atoms with Crippen LogP contribution in [0.1, 0.15) is 10.5 Å². The maximum Gasteiger partial charge on any atom is 0.354 e. The van der Waals surface area contributed by atoms with E-state index in [9.17, 15) is 9.59 Å². The number of nitrogens with zero attached hydrogens (tertiary/aromatic N) is 1. The number of nitrogens with one attached hydrogen (secondary N) is 1. The first-order valence-corrected chi connectivity index (χ1v) is 5.10. The summed E-state index contributed by atoms with van der Waals surface area (Å²) in [6.45, 7) is 0. The number of carbonyl (C=O) groups is 1. The topological polar surface area (TPSA) is 92.3 Å². The number of H-pyrrole nitrogens is 1. The Morgan fingerprint density at radius 2 is 2.11 bits per heavy atom. The van der Waals surface area contributed by atoms with Crippen molar-refractivity contribution in [1.82, 2.24) is 9.97 Å². The van der Waals surface area contributed by atoms with Crippen molar-refractivity contribution >= 4 is 5.97 Å². The smallest absolute Gasteiger partial charge is 0.354 e. The summed E-state index contributed by atoms with van der Waals surface area (Å²) in [5.41, 5.74) is -0.303. The van der Waals surface area contributed by atoms with Crippen LogP contribution in [0.3, 0.4) is 0 Å². The maximum absolute atomic E-state index is 11.4. The Balaban J connectivity index is 2.64. The van der Waals surface area contributed by atoms with Gasteiger partial charge in [0.25, 0.3) is 5.56 Å². The molecule has 0 spiro atoms. The van der Waals surface area contributed by atoms with E-state index in [-0.39, 0.29) is 11.5 Å². The van der Waals surface area contributed by atoms with Crippen LogP contribution >= 0.6 is 0 Å². The van der Waals surface area contributed by atoms with Crippen LogP contribution in [0.4, 0.5) is 0 Å². The van der Waals surface area contributed by atoms with Gasteiger partial charge < -0.3 is 14.8 Å². The molecule has 18 heavy (non-hydrogen) atoms. The van der Waals surface area contributed by atoms with Crippen molar-refractivity contribution in [2.75, 3.05) is 7.11 Å². The summed E-state index contributed by atoms with van der Waals surface area (Å²) in [5, 5.41) is 8.86. The number of ether oxygens (including phenoxy) is 1. The van der Waals surface area contributed by atoms with Gasteiger partial charge in [0.05, 0.1) is 12.7 Å². The van der Waals surface area contributed by atoms with Crippen LogP contribution in [-0.2, 0) is 0 Å². The van der Waals surface area contributed by atoms with Crippen molar-refractivity contribution in [3.05, 3.63) is 46.4 Å². The molecule has 0 aliphatic rings. The van der Waals surface area contributed by atoms with E-state index < -0.39 is 11.5 Å². The van der Waals surface area contributed by atoms with Crippen LogP contribution in [-0.4, -0.2) is 28.2 Å². The highest BCUT2D eigenvalue weighted by Gasteiger charge is 2.12. The minimum atomic E-state index is -1.25. The molecule has 0 amide bonds. The van der Waals surface area contributed by atoms with Gasteiger partial charge in [0.15, 0.2) is 5.69 Å². The summed E-state index contributed by atoms with van der Waals surface area (Å²) in [5.74, 6) is -0.585. The van der Waals surface area contributed by atoms with E-state index in [2.05, 4.69) is 9.97 Å². The number of aromatic carboxylic acids is 1. The average molecular weight is 246 g/mol. The van der Waals surface area contributed by atoms with Crippen molar-refractivity contribution in [2.24, 2.45) is 0 Å². The number of carboxylic acid groups (broad SMARTS) is 1. The molecule has 0 saturated carbocycles. The third-order valence-electron chi connectivity index (χ3n) is 2.32. The van der Waals surface area contributed by atoms with Crippen LogP contribution < -0.4 is 10.3 Å². The average Bonchev–Trinajstić information content (AvgIpc) is 2.38. The molecule has 6 heteroatoms. The number of methoxy groups -OCH3 is 1. The minimum Gasteiger partial charge on any atom is -0.496 e. The standard InChI is InChI=1S/C12H10N2O4/c1-18-9-5-3-2-4-7(9)11-13-8(12(16)17)6-10(15)14-11/h2-6H,1H3,(H,16,17)(H,13,14,15). The summed E-state index contributed by atoms with van der Waals surface area (Å²) in [7, 11) is 1.48. The highest BCUT2D eigenvalue weighted by molar-refractivity contribution is 5.85. The van der Waals surface area contributed by atoms with E-state index in [1.165, 1.54) is 7.11 Å². The zero-order valence-corrected chi connectivity index (χ0v) is 9.51. The second-order valence-corrected chi connectivity index (χ2v) is 3.48. The molecule has 0 saturated heterocycles. The summed E-state index contributed by atoms with van der Waals surface area (Å²) in [6.07, 6.45) is 0. The molecule has 0 atom stereocenters. The van der Waals surface area contributed by atoms with Crippen molar-refractivity contribution in [1.29, 1.82) is 0 Å². The number of rotatable bonds is 3. The molecule has 1 aromatic carbocycles. The van der Waals surface area contributed by atoms with Crippen LogP contribution in [0.15, 0.2) is 35.1 Å². The Bertz CT molecular complexity index is 649. The SMILES string of the molecule is COc1ccccc1-c1nc(C(=O)O)cc(=O)[nH]1. The van der Waals surface area contributed by atoms with Gasteiger partial charge in [-0.05, 0) is 12.1 Å². The van der Waals surface area contributed by atoms with Crippen LogP contribution in [0.2, 0.25) is 0 Å². The fraction of sp³-hybridized carbons (Fsp3) is 0.0833. The highest BCUT2D eigenvalue weighted by atomic mass is 16.5. The van der Waals surface area contributed by atoms with Gasteiger partial charge in [-0.25, -0.2) is 9.78 Å². The Kier molecular flexibility index (Phi) is 3.09. The maximum atomic E-state index is 11.4. The van der Waals surface area contributed by atoms with Crippen LogP contribution in [0.5, 0.6) is 5.75 Å². The zero-order valence-electron chi connectivity index (χ0n) is 9.51. The summed E-state index contributed by atoms with van der Waals surface area (Å²) >= 11 is 0. The van der Waals surface area contributed by atoms with Gasteiger partial charge >= 0.3 is 5.97 Å². The third-order valence-corrected chi connectivity index (χ3v) is 2.32. The molecule has 0 radical (unpaired) electrons. The van der Waals surface area contributed by atoms with Crippen molar-refractivity contribution in [3.8, 4) is 17.1 Å². The molecule has 1 aromatic heterocycles. The number of hydrogen-bond acceptors (Lipinski definition) is 4. The molecular weight excluding hydrogens is 236 g/mol. The predicted octanol–water partition coefficient (Wildman–Crippen LogP) is 1.14. The van der Waals surface area contributed by atoms with Gasteiger partial charge in [-0.1, -0.05) is 12.1 Å². The molecule has 6 nitrogen and oxygen atoms in total. The van der Waals surface area contributed by atoms with Gasteiger partial charge in [-0.3, -0.25) is 4.79 Å². The van der Waals surface area contributed by atoms with Crippen LogP contribution in [0.25, 0.3) is 11.4 Å². The fourth-order valence-corrected chi connectivity index (χ4v) is 1.54. The van der Waals surface area contributed by atoms with Gasteiger partial charge in [0.2, 0.25) is 0 Å². The molecule has 2 aromatic rings. The van der Waals surface area contributed by atoms with E-state index in [0.717, 1.165) is 6.07 Å². The van der Waals surface area contributed by atoms with E-state index >= 15 is 0 Å². The number of aromatic amines is 1. The molecule has 92 valence electrons. The second kappa shape index (κ2) is 4.70.